The van der Waals surface area contributed by atoms with Crippen LogP contribution in [0.1, 0.15) is 12.5 Å². The van der Waals surface area contributed by atoms with Crippen molar-refractivity contribution in [3.8, 4) is 5.75 Å². The van der Waals surface area contributed by atoms with Gasteiger partial charge in [0.1, 0.15) is 5.75 Å². The summed E-state index contributed by atoms with van der Waals surface area (Å²) in [5, 5.41) is 5.98. The fourth-order valence-electron chi connectivity index (χ4n) is 2.04. The van der Waals surface area contributed by atoms with Crippen molar-refractivity contribution in [3.05, 3.63) is 59.1 Å². The Labute approximate surface area is 145 Å². The van der Waals surface area contributed by atoms with E-state index in [0.29, 0.717) is 22.1 Å². The van der Waals surface area contributed by atoms with Crippen molar-refractivity contribution in [2.75, 3.05) is 17.7 Å². The van der Waals surface area contributed by atoms with Gasteiger partial charge in [-0.3, -0.25) is 9.59 Å². The van der Waals surface area contributed by atoms with Crippen LogP contribution in [0.4, 0.5) is 11.4 Å². The zero-order valence-corrected chi connectivity index (χ0v) is 14.1. The Kier molecular flexibility index (Phi) is 5.98. The van der Waals surface area contributed by atoms with E-state index in [4.69, 9.17) is 16.3 Å². The minimum absolute atomic E-state index is 0.224. The van der Waals surface area contributed by atoms with Crippen LogP contribution in [0.5, 0.6) is 5.75 Å². The number of rotatable bonds is 5. The molecule has 0 heterocycles. The Bertz CT molecular complexity index is 788. The third-order valence-corrected chi connectivity index (χ3v) is 3.29. The number of carbonyl (C=O) groups excluding carboxylic acids is 2. The van der Waals surface area contributed by atoms with Gasteiger partial charge in [0, 0.05) is 23.7 Å². The van der Waals surface area contributed by atoms with Crippen LogP contribution in [-0.2, 0) is 9.59 Å². The van der Waals surface area contributed by atoms with Gasteiger partial charge in [-0.25, -0.2) is 0 Å². The minimum Gasteiger partial charge on any atom is -0.495 e. The van der Waals surface area contributed by atoms with Gasteiger partial charge >= 0.3 is 0 Å². The molecule has 0 bridgehead atoms. The van der Waals surface area contributed by atoms with Crippen LogP contribution in [0.3, 0.4) is 0 Å². The monoisotopic (exact) mass is 344 g/mol. The molecule has 2 amide bonds. The van der Waals surface area contributed by atoms with Crippen molar-refractivity contribution in [2.24, 2.45) is 0 Å². The molecule has 0 aromatic heterocycles. The number of ether oxygens (including phenoxy) is 1. The van der Waals surface area contributed by atoms with Crippen LogP contribution in [-0.4, -0.2) is 18.9 Å². The second-order valence-corrected chi connectivity index (χ2v) is 5.41. The maximum atomic E-state index is 12.0. The Balaban J connectivity index is 2.09. The predicted octanol–water partition coefficient (Wildman–Crippen LogP) is 3.96. The van der Waals surface area contributed by atoms with Crippen LogP contribution >= 0.6 is 11.6 Å². The largest absolute Gasteiger partial charge is 0.495 e. The second kappa shape index (κ2) is 8.17. The van der Waals surface area contributed by atoms with Crippen LogP contribution < -0.4 is 15.4 Å². The van der Waals surface area contributed by atoms with Gasteiger partial charge in [0.05, 0.1) is 12.8 Å². The highest BCUT2D eigenvalue weighted by Gasteiger charge is 2.07. The summed E-state index contributed by atoms with van der Waals surface area (Å²) in [7, 11) is 1.51. The molecule has 0 aliphatic heterocycles. The number of amides is 2. The molecule has 2 aromatic carbocycles. The molecule has 0 saturated heterocycles. The normalized spacial score (nSPS) is 10.5. The molecule has 24 heavy (non-hydrogen) atoms. The summed E-state index contributed by atoms with van der Waals surface area (Å²) in [6.45, 7) is 1.40. The lowest BCUT2D eigenvalue weighted by Gasteiger charge is -2.11. The van der Waals surface area contributed by atoms with Gasteiger partial charge in [0.25, 0.3) is 0 Å². The Morgan fingerprint density at radius 2 is 1.92 bits per heavy atom. The van der Waals surface area contributed by atoms with Crippen LogP contribution in [0.2, 0.25) is 5.02 Å². The summed E-state index contributed by atoms with van der Waals surface area (Å²) in [5.41, 5.74) is 1.85. The smallest absolute Gasteiger partial charge is 0.248 e. The van der Waals surface area contributed by atoms with E-state index >= 15 is 0 Å². The maximum Gasteiger partial charge on any atom is 0.248 e. The van der Waals surface area contributed by atoms with E-state index in [1.54, 1.807) is 36.4 Å². The number of hydrogen-bond donors (Lipinski definition) is 2. The van der Waals surface area contributed by atoms with Crippen molar-refractivity contribution < 1.29 is 14.3 Å². The summed E-state index contributed by atoms with van der Waals surface area (Å²) in [5.74, 6) is -0.00999. The molecule has 2 N–H and O–H groups in total. The third kappa shape index (κ3) is 5.14. The van der Waals surface area contributed by atoms with Gasteiger partial charge in [0.15, 0.2) is 0 Å². The Morgan fingerprint density at radius 3 is 2.58 bits per heavy atom. The fourth-order valence-corrected chi connectivity index (χ4v) is 2.24. The van der Waals surface area contributed by atoms with E-state index in [1.165, 1.54) is 20.1 Å². The molecule has 0 radical (unpaired) electrons. The van der Waals surface area contributed by atoms with E-state index in [9.17, 15) is 9.59 Å². The predicted molar refractivity (Wildman–Crippen MR) is 96.4 cm³/mol. The lowest BCUT2D eigenvalue weighted by Crippen LogP contribution is -2.10. The highest BCUT2D eigenvalue weighted by Crippen LogP contribution is 2.27. The lowest BCUT2D eigenvalue weighted by atomic mass is 10.2. The molecule has 0 aliphatic carbocycles. The van der Waals surface area contributed by atoms with Gasteiger partial charge in [-0.05, 0) is 42.0 Å². The molecule has 0 unspecified atom stereocenters. The molecule has 0 saturated carbocycles. The van der Waals surface area contributed by atoms with Crippen LogP contribution in [0, 0.1) is 0 Å². The first kappa shape index (κ1) is 17.6. The fraction of sp³-hybridized carbons (Fsp3) is 0.111. The zero-order chi connectivity index (χ0) is 17.5. The highest BCUT2D eigenvalue weighted by atomic mass is 35.5. The maximum absolute atomic E-state index is 12.0. The van der Waals surface area contributed by atoms with Gasteiger partial charge in [-0.2, -0.15) is 0 Å². The van der Waals surface area contributed by atoms with Gasteiger partial charge in [0.2, 0.25) is 11.8 Å². The first-order valence-electron chi connectivity index (χ1n) is 7.18. The standard InChI is InChI=1S/C18H17ClN2O3/c1-12(22)20-16-11-15(7-8-17(16)24-2)21-18(23)9-6-13-4-3-5-14(19)10-13/h3-11H,1-2H3,(H,20,22)(H,21,23)/b9-6+. The van der Waals surface area contributed by atoms with Crippen LogP contribution in [0.25, 0.3) is 6.08 Å². The molecular formula is C18H17ClN2O3. The van der Waals surface area contributed by atoms with Crippen molar-refractivity contribution >= 4 is 40.9 Å². The molecule has 0 fully saturated rings. The SMILES string of the molecule is COc1ccc(NC(=O)/C=C/c2cccc(Cl)c2)cc1NC(C)=O. The van der Waals surface area contributed by atoms with E-state index in [-0.39, 0.29) is 11.8 Å². The topological polar surface area (TPSA) is 67.4 Å². The average molecular weight is 345 g/mol. The van der Waals surface area contributed by atoms with E-state index in [0.717, 1.165) is 5.56 Å². The summed E-state index contributed by atoms with van der Waals surface area (Å²) in [6, 6.07) is 12.2. The van der Waals surface area contributed by atoms with Crippen molar-refractivity contribution in [3.63, 3.8) is 0 Å². The summed E-state index contributed by atoms with van der Waals surface area (Å²) in [4.78, 5) is 23.2. The van der Waals surface area contributed by atoms with Gasteiger partial charge < -0.3 is 15.4 Å². The molecule has 0 aliphatic rings. The first-order valence-corrected chi connectivity index (χ1v) is 7.56. The highest BCUT2D eigenvalue weighted by molar-refractivity contribution is 6.30. The van der Waals surface area contributed by atoms with Crippen molar-refractivity contribution in [2.45, 2.75) is 6.92 Å². The third-order valence-electron chi connectivity index (χ3n) is 3.05. The summed E-state index contributed by atoms with van der Waals surface area (Å²) < 4.78 is 5.17. The number of hydrogen-bond acceptors (Lipinski definition) is 3. The first-order chi connectivity index (χ1) is 11.5. The van der Waals surface area contributed by atoms with E-state index in [2.05, 4.69) is 10.6 Å². The quantitative estimate of drug-likeness (QED) is 0.807. The molecular weight excluding hydrogens is 328 g/mol. The van der Waals surface area contributed by atoms with E-state index in [1.807, 2.05) is 12.1 Å². The number of nitrogens with one attached hydrogen (secondary N) is 2. The van der Waals surface area contributed by atoms with Gasteiger partial charge in [-0.1, -0.05) is 23.7 Å². The molecule has 124 valence electrons. The Hall–Kier alpha value is -2.79. The van der Waals surface area contributed by atoms with Crippen molar-refractivity contribution in [1.29, 1.82) is 0 Å². The number of benzene rings is 2. The summed E-state index contributed by atoms with van der Waals surface area (Å²) in [6.07, 6.45) is 3.08. The molecule has 6 heteroatoms. The molecule has 2 aromatic rings. The lowest BCUT2D eigenvalue weighted by molar-refractivity contribution is -0.114. The Morgan fingerprint density at radius 1 is 1.12 bits per heavy atom. The zero-order valence-electron chi connectivity index (χ0n) is 13.3. The van der Waals surface area contributed by atoms with Gasteiger partial charge in [-0.15, -0.1) is 0 Å². The molecule has 0 spiro atoms. The molecule has 2 rings (SSSR count). The second-order valence-electron chi connectivity index (χ2n) is 4.97. The number of halogens is 1. The van der Waals surface area contributed by atoms with Crippen LogP contribution in [0.15, 0.2) is 48.5 Å². The summed E-state index contributed by atoms with van der Waals surface area (Å²) >= 11 is 5.90. The number of methoxy groups -OCH3 is 1. The average Bonchev–Trinajstić information content (AvgIpc) is 2.53. The number of carbonyl (C=O) groups is 2. The van der Waals surface area contributed by atoms with E-state index < -0.39 is 0 Å². The van der Waals surface area contributed by atoms with Crippen molar-refractivity contribution in [1.82, 2.24) is 0 Å². The number of anilines is 2. The molecule has 5 nitrogen and oxygen atoms in total. The molecule has 0 atom stereocenters. The minimum atomic E-state index is -0.297.